The Labute approximate surface area is 150 Å². The number of carbonyl (C=O) groups is 2. The zero-order valence-electron chi connectivity index (χ0n) is 15.7. The highest BCUT2D eigenvalue weighted by molar-refractivity contribution is 6.09. The van der Waals surface area contributed by atoms with Crippen LogP contribution in [0.25, 0.3) is 0 Å². The minimum atomic E-state index is -0.476. The number of hydrogen-bond donors (Lipinski definition) is 1. The van der Waals surface area contributed by atoms with Gasteiger partial charge in [0.1, 0.15) is 0 Å². The fourth-order valence-corrected chi connectivity index (χ4v) is 3.26. The Bertz CT molecular complexity index is 658. The van der Waals surface area contributed by atoms with Crippen molar-refractivity contribution in [3.63, 3.8) is 0 Å². The minimum Gasteiger partial charge on any atom is -0.503 e. The van der Waals surface area contributed by atoms with E-state index in [2.05, 4.69) is 13.8 Å². The van der Waals surface area contributed by atoms with Crippen molar-refractivity contribution in [1.82, 2.24) is 4.90 Å². The van der Waals surface area contributed by atoms with Gasteiger partial charge in [0.05, 0.1) is 11.6 Å². The maximum atomic E-state index is 12.7. The summed E-state index contributed by atoms with van der Waals surface area (Å²) in [6, 6.07) is 7.51. The summed E-state index contributed by atoms with van der Waals surface area (Å²) in [6.45, 7) is 8.62. The van der Waals surface area contributed by atoms with Crippen LogP contribution in [0.1, 0.15) is 64.1 Å². The molecule has 0 radical (unpaired) electrons. The molecule has 136 valence electrons. The average Bonchev–Trinajstić information content (AvgIpc) is 2.84. The van der Waals surface area contributed by atoms with E-state index in [4.69, 9.17) is 0 Å². The zero-order valence-corrected chi connectivity index (χ0v) is 15.7. The van der Waals surface area contributed by atoms with Gasteiger partial charge < -0.3 is 10.0 Å². The molecule has 1 N–H and O–H groups in total. The molecular weight excluding hydrogens is 314 g/mol. The molecule has 0 saturated heterocycles. The van der Waals surface area contributed by atoms with Gasteiger partial charge in [0.25, 0.3) is 5.91 Å². The normalized spacial score (nSPS) is 17.7. The summed E-state index contributed by atoms with van der Waals surface area (Å²) in [5, 5.41) is 10.4. The maximum absolute atomic E-state index is 12.7. The third-order valence-corrected chi connectivity index (χ3v) is 4.65. The monoisotopic (exact) mass is 343 g/mol. The molecule has 1 unspecified atom stereocenters. The Hall–Kier alpha value is -2.10. The maximum Gasteiger partial charge on any atom is 0.290 e. The molecule has 0 bridgehead atoms. The second kappa shape index (κ2) is 8.32. The van der Waals surface area contributed by atoms with Crippen molar-refractivity contribution in [3.8, 4) is 0 Å². The lowest BCUT2D eigenvalue weighted by Crippen LogP contribution is -2.32. The Morgan fingerprint density at radius 2 is 1.84 bits per heavy atom. The molecule has 0 saturated carbocycles. The van der Waals surface area contributed by atoms with Gasteiger partial charge in [-0.05, 0) is 29.9 Å². The molecule has 0 aromatic heterocycles. The molecule has 4 nitrogen and oxygen atoms in total. The summed E-state index contributed by atoms with van der Waals surface area (Å²) in [7, 11) is 0. The van der Waals surface area contributed by atoms with Gasteiger partial charge in [-0.25, -0.2) is 0 Å². The smallest absolute Gasteiger partial charge is 0.290 e. The molecule has 1 heterocycles. The molecule has 0 aliphatic carbocycles. The zero-order chi connectivity index (χ0) is 18.6. The number of unbranched alkanes of at least 4 members (excludes halogenated alkanes) is 1. The first-order valence-corrected chi connectivity index (χ1v) is 9.26. The number of benzene rings is 1. The molecule has 1 aromatic rings. The Kier molecular flexibility index (Phi) is 6.40. The number of ketones is 1. The number of aliphatic hydroxyl groups excluding tert-OH is 1. The van der Waals surface area contributed by atoms with Gasteiger partial charge in [-0.2, -0.15) is 0 Å². The number of aliphatic hydroxyl groups is 1. The summed E-state index contributed by atoms with van der Waals surface area (Å²) < 4.78 is 0. The predicted octanol–water partition coefficient (Wildman–Crippen LogP) is 4.36. The summed E-state index contributed by atoms with van der Waals surface area (Å²) in [5.41, 5.74) is 2.35. The standard InChI is InChI=1S/C21H29NO3/c1-5-7-12-22-19(16-10-8-15(6-2)9-11-16)18(20(24)21(22)25)17(23)13-14(3)4/h8-11,14,19,24H,5-7,12-13H2,1-4H3. The topological polar surface area (TPSA) is 57.6 Å². The molecular formula is C21H29NO3. The number of aryl methyl sites for hydroxylation is 1. The number of Topliss-reactive ketones (excluding diaryl/α,β-unsaturated/α-hetero) is 1. The van der Waals surface area contributed by atoms with Crippen LogP contribution in [0.4, 0.5) is 0 Å². The van der Waals surface area contributed by atoms with Gasteiger partial charge in [0.15, 0.2) is 11.5 Å². The van der Waals surface area contributed by atoms with Gasteiger partial charge in [0, 0.05) is 13.0 Å². The highest BCUT2D eigenvalue weighted by Gasteiger charge is 2.42. The van der Waals surface area contributed by atoms with Crippen molar-refractivity contribution < 1.29 is 14.7 Å². The summed E-state index contributed by atoms with van der Waals surface area (Å²) in [4.78, 5) is 27.0. The molecule has 1 amide bonds. The molecule has 1 aliphatic heterocycles. The largest absolute Gasteiger partial charge is 0.503 e. The fraction of sp³-hybridized carbons (Fsp3) is 0.524. The van der Waals surface area contributed by atoms with Crippen molar-refractivity contribution in [2.24, 2.45) is 5.92 Å². The van der Waals surface area contributed by atoms with Crippen molar-refractivity contribution in [2.45, 2.75) is 59.4 Å². The molecule has 1 aromatic carbocycles. The van der Waals surface area contributed by atoms with Crippen LogP contribution in [0.2, 0.25) is 0 Å². The number of nitrogens with zero attached hydrogens (tertiary/aromatic N) is 1. The lowest BCUT2D eigenvalue weighted by Gasteiger charge is -2.27. The van der Waals surface area contributed by atoms with Gasteiger partial charge in [-0.3, -0.25) is 9.59 Å². The Balaban J connectivity index is 2.44. The van der Waals surface area contributed by atoms with Crippen LogP contribution in [0.15, 0.2) is 35.6 Å². The van der Waals surface area contributed by atoms with Crippen LogP contribution in [-0.2, 0) is 16.0 Å². The van der Waals surface area contributed by atoms with E-state index >= 15 is 0 Å². The van der Waals surface area contributed by atoms with E-state index < -0.39 is 11.9 Å². The van der Waals surface area contributed by atoms with Crippen LogP contribution < -0.4 is 0 Å². The Morgan fingerprint density at radius 3 is 2.36 bits per heavy atom. The second-order valence-corrected chi connectivity index (χ2v) is 7.13. The van der Waals surface area contributed by atoms with E-state index in [0.29, 0.717) is 13.0 Å². The summed E-state index contributed by atoms with van der Waals surface area (Å²) in [5.74, 6) is -0.753. The van der Waals surface area contributed by atoms with Crippen LogP contribution >= 0.6 is 0 Å². The van der Waals surface area contributed by atoms with E-state index in [0.717, 1.165) is 24.8 Å². The SMILES string of the molecule is CCCCN1C(=O)C(O)=C(C(=O)CC(C)C)C1c1ccc(CC)cc1. The first-order chi connectivity index (χ1) is 11.9. The molecule has 1 atom stereocenters. The van der Waals surface area contributed by atoms with Gasteiger partial charge in [-0.15, -0.1) is 0 Å². The number of carbonyl (C=O) groups excluding carboxylic acids is 2. The Morgan fingerprint density at radius 1 is 1.20 bits per heavy atom. The lowest BCUT2D eigenvalue weighted by atomic mass is 9.91. The number of amides is 1. The molecule has 1 aliphatic rings. The third-order valence-electron chi connectivity index (χ3n) is 4.65. The van der Waals surface area contributed by atoms with Gasteiger partial charge in [-0.1, -0.05) is 58.4 Å². The molecule has 2 rings (SSSR count). The van der Waals surface area contributed by atoms with E-state index in [-0.39, 0.29) is 23.0 Å². The van der Waals surface area contributed by atoms with Crippen molar-refractivity contribution in [2.75, 3.05) is 6.54 Å². The van der Waals surface area contributed by atoms with E-state index in [9.17, 15) is 14.7 Å². The fourth-order valence-electron chi connectivity index (χ4n) is 3.26. The van der Waals surface area contributed by atoms with Gasteiger partial charge in [0.2, 0.25) is 0 Å². The summed E-state index contributed by atoms with van der Waals surface area (Å²) in [6.07, 6.45) is 3.05. The molecule has 0 spiro atoms. The van der Waals surface area contributed by atoms with Crippen LogP contribution in [-0.4, -0.2) is 28.2 Å². The lowest BCUT2D eigenvalue weighted by molar-refractivity contribution is -0.129. The van der Waals surface area contributed by atoms with Gasteiger partial charge >= 0.3 is 0 Å². The van der Waals surface area contributed by atoms with Crippen LogP contribution in [0.3, 0.4) is 0 Å². The number of hydrogen-bond acceptors (Lipinski definition) is 3. The molecule has 0 fully saturated rings. The second-order valence-electron chi connectivity index (χ2n) is 7.13. The average molecular weight is 343 g/mol. The van der Waals surface area contributed by atoms with Crippen LogP contribution in [0, 0.1) is 5.92 Å². The number of rotatable bonds is 8. The molecule has 25 heavy (non-hydrogen) atoms. The van der Waals surface area contributed by atoms with E-state index in [1.54, 1.807) is 4.90 Å². The van der Waals surface area contributed by atoms with Crippen molar-refractivity contribution in [3.05, 3.63) is 46.7 Å². The first-order valence-electron chi connectivity index (χ1n) is 9.26. The minimum absolute atomic E-state index is 0.135. The summed E-state index contributed by atoms with van der Waals surface area (Å²) >= 11 is 0. The molecule has 4 heteroatoms. The highest BCUT2D eigenvalue weighted by atomic mass is 16.3. The van der Waals surface area contributed by atoms with Crippen molar-refractivity contribution >= 4 is 11.7 Å². The quantitative estimate of drug-likeness (QED) is 0.763. The first kappa shape index (κ1) is 19.2. The van der Waals surface area contributed by atoms with Crippen LogP contribution in [0.5, 0.6) is 0 Å². The third kappa shape index (κ3) is 4.12. The van der Waals surface area contributed by atoms with Crippen molar-refractivity contribution in [1.29, 1.82) is 0 Å². The van der Waals surface area contributed by atoms with E-state index in [1.807, 2.05) is 38.1 Å². The highest BCUT2D eigenvalue weighted by Crippen LogP contribution is 2.38. The predicted molar refractivity (Wildman–Crippen MR) is 99.3 cm³/mol. The van der Waals surface area contributed by atoms with E-state index in [1.165, 1.54) is 5.56 Å².